The largest absolute Gasteiger partial charge is 0.466 e. The van der Waals surface area contributed by atoms with Crippen LogP contribution >= 0.6 is 0 Å². The normalized spacial score (nSPS) is 12.2. The van der Waals surface area contributed by atoms with Crippen LogP contribution in [0.2, 0.25) is 0 Å². The van der Waals surface area contributed by atoms with E-state index < -0.39 is 0 Å². The molecule has 0 spiro atoms. The van der Waals surface area contributed by atoms with Gasteiger partial charge in [0.15, 0.2) is 0 Å². The average molecular weight is 208 g/mol. The van der Waals surface area contributed by atoms with Gasteiger partial charge in [0, 0.05) is 0 Å². The Balaban J connectivity index is 2.81. The second-order valence-corrected chi connectivity index (χ2v) is 3.38. The molecule has 0 aliphatic carbocycles. The second kappa shape index (κ2) is 5.51. The van der Waals surface area contributed by atoms with Crippen LogP contribution in [0, 0.1) is 0 Å². The van der Waals surface area contributed by atoms with Gasteiger partial charge in [0.25, 0.3) is 0 Å². The quantitative estimate of drug-likeness (QED) is 0.768. The summed E-state index contributed by atoms with van der Waals surface area (Å²) in [5, 5.41) is 8.97. The zero-order chi connectivity index (χ0) is 11.3. The van der Waals surface area contributed by atoms with Crippen molar-refractivity contribution in [2.24, 2.45) is 0 Å². The third-order valence-corrected chi connectivity index (χ3v) is 2.27. The highest BCUT2D eigenvalue weighted by Crippen LogP contribution is 2.18. The molecule has 1 aromatic carbocycles. The van der Waals surface area contributed by atoms with Crippen LogP contribution in [-0.2, 0) is 16.1 Å². The number of hydrogen-bond donors (Lipinski definition) is 1. The minimum atomic E-state index is -0.281. The number of carbonyl (C=O) groups is 1. The summed E-state index contributed by atoms with van der Waals surface area (Å²) < 4.78 is 4.93. The zero-order valence-electron chi connectivity index (χ0n) is 9.06. The summed E-state index contributed by atoms with van der Waals surface area (Å²) in [4.78, 5) is 11.5. The molecule has 0 bridgehead atoms. The maximum absolute atomic E-state index is 11.5. The van der Waals surface area contributed by atoms with Crippen LogP contribution in [0.25, 0.3) is 0 Å². The lowest BCUT2D eigenvalue weighted by molar-refractivity contribution is -0.144. The SMILES string of the molecule is CCOC(=O)C(C)c1cccc(CO)c1. The van der Waals surface area contributed by atoms with Crippen LogP contribution in [0.4, 0.5) is 0 Å². The molecule has 0 fully saturated rings. The first-order valence-corrected chi connectivity index (χ1v) is 5.05. The molecular weight excluding hydrogens is 192 g/mol. The summed E-state index contributed by atoms with van der Waals surface area (Å²) in [6.07, 6.45) is 0. The third-order valence-electron chi connectivity index (χ3n) is 2.27. The molecule has 1 aromatic rings. The van der Waals surface area contributed by atoms with E-state index in [4.69, 9.17) is 9.84 Å². The maximum Gasteiger partial charge on any atom is 0.313 e. The van der Waals surface area contributed by atoms with Crippen LogP contribution in [0.1, 0.15) is 30.9 Å². The van der Waals surface area contributed by atoms with Gasteiger partial charge in [-0.3, -0.25) is 4.79 Å². The molecule has 0 heterocycles. The first kappa shape index (κ1) is 11.7. The number of aliphatic hydroxyl groups excluding tert-OH is 1. The van der Waals surface area contributed by atoms with Crippen molar-refractivity contribution in [2.45, 2.75) is 26.4 Å². The van der Waals surface area contributed by atoms with Gasteiger partial charge in [-0.25, -0.2) is 0 Å². The summed E-state index contributed by atoms with van der Waals surface area (Å²) in [5.74, 6) is -0.510. The van der Waals surface area contributed by atoms with Crippen LogP contribution < -0.4 is 0 Å². The van der Waals surface area contributed by atoms with E-state index in [1.807, 2.05) is 24.3 Å². The Kier molecular flexibility index (Phi) is 4.31. The monoisotopic (exact) mass is 208 g/mol. The predicted octanol–water partition coefficient (Wildman–Crippen LogP) is 1.85. The first-order valence-electron chi connectivity index (χ1n) is 5.05. The molecule has 0 saturated carbocycles. The molecule has 1 rings (SSSR count). The molecule has 0 aromatic heterocycles. The zero-order valence-corrected chi connectivity index (χ0v) is 9.06. The summed E-state index contributed by atoms with van der Waals surface area (Å²) in [6, 6.07) is 7.33. The van der Waals surface area contributed by atoms with Crippen LogP contribution in [0.3, 0.4) is 0 Å². The van der Waals surface area contributed by atoms with Crippen molar-refractivity contribution in [3.63, 3.8) is 0 Å². The number of hydrogen-bond acceptors (Lipinski definition) is 3. The molecule has 0 aliphatic heterocycles. The fraction of sp³-hybridized carbons (Fsp3) is 0.417. The molecule has 3 heteroatoms. The highest BCUT2D eigenvalue weighted by Gasteiger charge is 2.16. The van der Waals surface area contributed by atoms with Crippen molar-refractivity contribution in [3.05, 3.63) is 35.4 Å². The second-order valence-electron chi connectivity index (χ2n) is 3.38. The molecule has 3 nitrogen and oxygen atoms in total. The first-order chi connectivity index (χ1) is 7.19. The highest BCUT2D eigenvalue weighted by molar-refractivity contribution is 5.77. The fourth-order valence-corrected chi connectivity index (χ4v) is 1.36. The lowest BCUT2D eigenvalue weighted by Crippen LogP contribution is -2.13. The summed E-state index contributed by atoms with van der Waals surface area (Å²) in [6.45, 7) is 3.97. The molecule has 1 atom stereocenters. The van der Waals surface area contributed by atoms with E-state index in [2.05, 4.69) is 0 Å². The van der Waals surface area contributed by atoms with Gasteiger partial charge in [0.2, 0.25) is 0 Å². The Bertz CT molecular complexity index is 333. The van der Waals surface area contributed by atoms with Crippen molar-refractivity contribution in [3.8, 4) is 0 Å². The molecule has 15 heavy (non-hydrogen) atoms. The van der Waals surface area contributed by atoms with E-state index in [1.54, 1.807) is 13.8 Å². The number of benzene rings is 1. The van der Waals surface area contributed by atoms with Gasteiger partial charge in [-0.05, 0) is 25.0 Å². The molecule has 1 unspecified atom stereocenters. The van der Waals surface area contributed by atoms with Crippen LogP contribution in [0.5, 0.6) is 0 Å². The van der Waals surface area contributed by atoms with Gasteiger partial charge in [-0.2, -0.15) is 0 Å². The number of esters is 1. The van der Waals surface area contributed by atoms with E-state index in [1.165, 1.54) is 0 Å². The predicted molar refractivity (Wildman–Crippen MR) is 57.4 cm³/mol. The Morgan fingerprint density at radius 2 is 2.27 bits per heavy atom. The van der Waals surface area contributed by atoms with E-state index in [0.29, 0.717) is 6.61 Å². The van der Waals surface area contributed by atoms with Gasteiger partial charge in [-0.1, -0.05) is 24.3 Å². The van der Waals surface area contributed by atoms with Crippen molar-refractivity contribution < 1.29 is 14.6 Å². The lowest BCUT2D eigenvalue weighted by atomic mass is 9.99. The van der Waals surface area contributed by atoms with Crippen molar-refractivity contribution in [1.29, 1.82) is 0 Å². The summed E-state index contributed by atoms with van der Waals surface area (Å²) in [7, 11) is 0. The van der Waals surface area contributed by atoms with Gasteiger partial charge < -0.3 is 9.84 Å². The minimum absolute atomic E-state index is 0.0105. The van der Waals surface area contributed by atoms with Gasteiger partial charge in [-0.15, -0.1) is 0 Å². The Hall–Kier alpha value is -1.35. The molecule has 0 radical (unpaired) electrons. The lowest BCUT2D eigenvalue weighted by Gasteiger charge is -2.11. The standard InChI is InChI=1S/C12H16O3/c1-3-15-12(14)9(2)11-6-4-5-10(7-11)8-13/h4-7,9,13H,3,8H2,1-2H3. The summed E-state index contributed by atoms with van der Waals surface area (Å²) in [5.41, 5.74) is 1.68. The van der Waals surface area contributed by atoms with Crippen molar-refractivity contribution in [2.75, 3.05) is 6.61 Å². The Morgan fingerprint density at radius 1 is 1.53 bits per heavy atom. The molecule has 0 saturated heterocycles. The topological polar surface area (TPSA) is 46.5 Å². The number of aliphatic hydroxyl groups is 1. The Labute approximate surface area is 89.7 Å². The third kappa shape index (κ3) is 3.06. The highest BCUT2D eigenvalue weighted by atomic mass is 16.5. The minimum Gasteiger partial charge on any atom is -0.466 e. The van der Waals surface area contributed by atoms with Crippen LogP contribution in [0.15, 0.2) is 24.3 Å². The number of ether oxygens (including phenoxy) is 1. The van der Waals surface area contributed by atoms with Gasteiger partial charge >= 0.3 is 5.97 Å². The number of rotatable bonds is 4. The van der Waals surface area contributed by atoms with E-state index in [9.17, 15) is 4.79 Å². The van der Waals surface area contributed by atoms with Crippen molar-refractivity contribution >= 4 is 5.97 Å². The van der Waals surface area contributed by atoms with Gasteiger partial charge in [0.1, 0.15) is 0 Å². The molecular formula is C12H16O3. The van der Waals surface area contributed by atoms with Crippen LogP contribution in [-0.4, -0.2) is 17.7 Å². The van der Waals surface area contributed by atoms with Crippen molar-refractivity contribution in [1.82, 2.24) is 0 Å². The smallest absolute Gasteiger partial charge is 0.313 e. The molecule has 82 valence electrons. The molecule has 1 N–H and O–H groups in total. The molecule has 0 amide bonds. The summed E-state index contributed by atoms with van der Waals surface area (Å²) >= 11 is 0. The van der Waals surface area contributed by atoms with E-state index in [-0.39, 0.29) is 18.5 Å². The van der Waals surface area contributed by atoms with E-state index in [0.717, 1.165) is 11.1 Å². The van der Waals surface area contributed by atoms with Gasteiger partial charge in [0.05, 0.1) is 19.1 Å². The number of carbonyl (C=O) groups excluding carboxylic acids is 1. The maximum atomic E-state index is 11.5. The fourth-order valence-electron chi connectivity index (χ4n) is 1.36. The Morgan fingerprint density at radius 3 is 2.87 bits per heavy atom. The van der Waals surface area contributed by atoms with E-state index >= 15 is 0 Å². The average Bonchev–Trinajstić information content (AvgIpc) is 2.28. The molecule has 0 aliphatic rings.